The van der Waals surface area contributed by atoms with Crippen molar-refractivity contribution < 1.29 is 4.79 Å². The molecule has 0 radical (unpaired) electrons. The summed E-state index contributed by atoms with van der Waals surface area (Å²) in [5.74, 6) is 0.220. The van der Waals surface area contributed by atoms with Crippen molar-refractivity contribution in [3.8, 4) is 10.6 Å². The molecule has 0 aliphatic rings. The van der Waals surface area contributed by atoms with Gasteiger partial charge in [-0.05, 0) is 12.1 Å². The van der Waals surface area contributed by atoms with E-state index >= 15 is 0 Å². The Balaban J connectivity index is 1.80. The summed E-state index contributed by atoms with van der Waals surface area (Å²) in [7, 11) is 1.79. The van der Waals surface area contributed by atoms with Gasteiger partial charge in [-0.1, -0.05) is 23.7 Å². The van der Waals surface area contributed by atoms with Crippen LogP contribution in [-0.4, -0.2) is 20.7 Å². The number of anilines is 1. The van der Waals surface area contributed by atoms with Crippen molar-refractivity contribution >= 4 is 34.7 Å². The molecule has 0 spiro atoms. The molecule has 2 aromatic heterocycles. The quantitative estimate of drug-likeness (QED) is 0.804. The summed E-state index contributed by atoms with van der Waals surface area (Å²) in [6.45, 7) is 0. The third-order valence-electron chi connectivity index (χ3n) is 2.76. The van der Waals surface area contributed by atoms with Crippen LogP contribution in [0.2, 0.25) is 5.02 Å². The van der Waals surface area contributed by atoms with E-state index in [1.54, 1.807) is 35.4 Å². The van der Waals surface area contributed by atoms with Gasteiger partial charge in [0.25, 0.3) is 5.91 Å². The highest BCUT2D eigenvalue weighted by Gasteiger charge is 2.13. The van der Waals surface area contributed by atoms with E-state index in [4.69, 9.17) is 11.6 Å². The van der Waals surface area contributed by atoms with Crippen LogP contribution in [0.25, 0.3) is 10.6 Å². The number of aromatic nitrogens is 3. The highest BCUT2D eigenvalue weighted by atomic mass is 35.5. The first-order valence-corrected chi connectivity index (χ1v) is 7.40. The van der Waals surface area contributed by atoms with Gasteiger partial charge < -0.3 is 5.32 Å². The second-order valence-electron chi connectivity index (χ2n) is 4.38. The van der Waals surface area contributed by atoms with Crippen LogP contribution < -0.4 is 5.32 Å². The van der Waals surface area contributed by atoms with Crippen molar-refractivity contribution in [3.63, 3.8) is 0 Å². The third-order valence-corrected chi connectivity index (χ3v) is 3.89. The SMILES string of the molecule is Cn1ccc(NC(=O)c2csc(-c3cccc(Cl)c3)n2)n1. The number of hydrogen-bond donors (Lipinski definition) is 1. The van der Waals surface area contributed by atoms with Crippen LogP contribution in [0.4, 0.5) is 5.82 Å². The fraction of sp³-hybridized carbons (Fsp3) is 0.0714. The minimum Gasteiger partial charge on any atom is -0.304 e. The first-order chi connectivity index (χ1) is 10.1. The molecule has 1 amide bonds. The molecule has 1 aromatic carbocycles. The van der Waals surface area contributed by atoms with E-state index in [0.29, 0.717) is 16.5 Å². The van der Waals surface area contributed by atoms with Crippen molar-refractivity contribution in [1.82, 2.24) is 14.8 Å². The van der Waals surface area contributed by atoms with E-state index in [1.807, 2.05) is 18.2 Å². The molecule has 106 valence electrons. The monoisotopic (exact) mass is 318 g/mol. The Morgan fingerprint density at radius 1 is 1.38 bits per heavy atom. The lowest BCUT2D eigenvalue weighted by molar-refractivity contribution is 0.102. The lowest BCUT2D eigenvalue weighted by Gasteiger charge is -1.98. The molecule has 21 heavy (non-hydrogen) atoms. The summed E-state index contributed by atoms with van der Waals surface area (Å²) in [5, 5.41) is 9.91. The van der Waals surface area contributed by atoms with Gasteiger partial charge in [-0.3, -0.25) is 9.48 Å². The molecule has 0 aliphatic heterocycles. The van der Waals surface area contributed by atoms with E-state index in [-0.39, 0.29) is 5.91 Å². The minimum atomic E-state index is -0.279. The average molecular weight is 319 g/mol. The van der Waals surface area contributed by atoms with Crippen LogP contribution >= 0.6 is 22.9 Å². The van der Waals surface area contributed by atoms with Gasteiger partial charge in [-0.2, -0.15) is 5.10 Å². The number of aryl methyl sites for hydroxylation is 1. The first-order valence-electron chi connectivity index (χ1n) is 6.14. The van der Waals surface area contributed by atoms with Crippen molar-refractivity contribution in [2.75, 3.05) is 5.32 Å². The smallest absolute Gasteiger partial charge is 0.276 e. The predicted molar refractivity (Wildman–Crippen MR) is 83.7 cm³/mol. The number of carbonyl (C=O) groups excluding carboxylic acids is 1. The van der Waals surface area contributed by atoms with Crippen molar-refractivity contribution in [2.45, 2.75) is 0 Å². The Bertz CT molecular complexity index is 796. The molecule has 0 aliphatic carbocycles. The van der Waals surface area contributed by atoms with E-state index in [1.165, 1.54) is 11.3 Å². The predicted octanol–water partition coefficient (Wildman–Crippen LogP) is 3.45. The molecule has 3 rings (SSSR count). The van der Waals surface area contributed by atoms with Crippen LogP contribution in [0.5, 0.6) is 0 Å². The third kappa shape index (κ3) is 3.12. The van der Waals surface area contributed by atoms with E-state index in [0.717, 1.165) is 10.6 Å². The highest BCUT2D eigenvalue weighted by Crippen LogP contribution is 2.26. The molecule has 0 fully saturated rings. The van der Waals surface area contributed by atoms with Gasteiger partial charge >= 0.3 is 0 Å². The van der Waals surface area contributed by atoms with E-state index in [2.05, 4.69) is 15.4 Å². The van der Waals surface area contributed by atoms with E-state index in [9.17, 15) is 4.79 Å². The maximum atomic E-state index is 12.1. The Hall–Kier alpha value is -2.18. The topological polar surface area (TPSA) is 59.8 Å². The standard InChI is InChI=1S/C14H11ClN4OS/c1-19-6-5-12(18-19)17-13(20)11-8-21-14(16-11)9-3-2-4-10(15)7-9/h2-8H,1H3,(H,17,18,20). The van der Waals surface area contributed by atoms with Crippen molar-refractivity contribution in [3.05, 3.63) is 52.6 Å². The molecule has 7 heteroatoms. The number of carbonyl (C=O) groups is 1. The number of amides is 1. The fourth-order valence-corrected chi connectivity index (χ4v) is 2.78. The van der Waals surface area contributed by atoms with Gasteiger partial charge in [0, 0.05) is 35.3 Å². The lowest BCUT2D eigenvalue weighted by Crippen LogP contribution is -2.12. The molecule has 3 aromatic rings. The second kappa shape index (κ2) is 5.67. The normalized spacial score (nSPS) is 10.6. The number of hydrogen-bond acceptors (Lipinski definition) is 4. The number of halogens is 1. The zero-order valence-corrected chi connectivity index (χ0v) is 12.6. The number of rotatable bonds is 3. The molecule has 5 nitrogen and oxygen atoms in total. The lowest BCUT2D eigenvalue weighted by atomic mass is 10.2. The largest absolute Gasteiger partial charge is 0.304 e. The maximum Gasteiger partial charge on any atom is 0.276 e. The van der Waals surface area contributed by atoms with E-state index < -0.39 is 0 Å². The molecule has 0 unspecified atom stereocenters. The molecule has 0 bridgehead atoms. The molecule has 0 atom stereocenters. The van der Waals surface area contributed by atoms with Gasteiger partial charge in [-0.15, -0.1) is 11.3 Å². The summed E-state index contributed by atoms with van der Waals surface area (Å²) in [6.07, 6.45) is 1.76. The molecule has 0 saturated heterocycles. The summed E-state index contributed by atoms with van der Waals surface area (Å²) < 4.78 is 1.62. The van der Waals surface area contributed by atoms with Crippen LogP contribution in [-0.2, 0) is 7.05 Å². The fourth-order valence-electron chi connectivity index (χ4n) is 1.79. The molecular formula is C14H11ClN4OS. The van der Waals surface area contributed by atoms with Gasteiger partial charge in [0.2, 0.25) is 0 Å². The first kappa shape index (κ1) is 13.8. The summed E-state index contributed by atoms with van der Waals surface area (Å²) >= 11 is 7.36. The summed E-state index contributed by atoms with van der Waals surface area (Å²) in [6, 6.07) is 9.11. The highest BCUT2D eigenvalue weighted by molar-refractivity contribution is 7.13. The zero-order chi connectivity index (χ0) is 14.8. The number of nitrogens with zero attached hydrogens (tertiary/aromatic N) is 3. The summed E-state index contributed by atoms with van der Waals surface area (Å²) in [4.78, 5) is 16.4. The van der Waals surface area contributed by atoms with Gasteiger partial charge in [0.05, 0.1) is 0 Å². The summed E-state index contributed by atoms with van der Waals surface area (Å²) in [5.41, 5.74) is 1.25. The Labute approximate surface area is 130 Å². The number of nitrogens with one attached hydrogen (secondary N) is 1. The molecular weight excluding hydrogens is 308 g/mol. The zero-order valence-electron chi connectivity index (χ0n) is 11.1. The molecule has 1 N–H and O–H groups in total. The van der Waals surface area contributed by atoms with Gasteiger partial charge in [-0.25, -0.2) is 4.98 Å². The second-order valence-corrected chi connectivity index (χ2v) is 5.67. The average Bonchev–Trinajstić information content (AvgIpc) is 3.08. The Morgan fingerprint density at radius 3 is 2.95 bits per heavy atom. The Morgan fingerprint density at radius 2 is 2.24 bits per heavy atom. The van der Waals surface area contributed by atoms with Crippen LogP contribution in [0.3, 0.4) is 0 Å². The Kier molecular flexibility index (Phi) is 3.72. The van der Waals surface area contributed by atoms with Gasteiger partial charge in [0.15, 0.2) is 5.82 Å². The van der Waals surface area contributed by atoms with Crippen molar-refractivity contribution in [1.29, 1.82) is 0 Å². The number of thiazole rings is 1. The van der Waals surface area contributed by atoms with Gasteiger partial charge in [0.1, 0.15) is 10.7 Å². The molecule has 0 saturated carbocycles. The minimum absolute atomic E-state index is 0.279. The van der Waals surface area contributed by atoms with Crippen LogP contribution in [0.1, 0.15) is 10.5 Å². The van der Waals surface area contributed by atoms with Crippen molar-refractivity contribution in [2.24, 2.45) is 7.05 Å². The van der Waals surface area contributed by atoms with Crippen LogP contribution in [0.15, 0.2) is 41.9 Å². The molecule has 2 heterocycles. The maximum absolute atomic E-state index is 12.1. The van der Waals surface area contributed by atoms with Crippen LogP contribution in [0, 0.1) is 0 Å². The number of benzene rings is 1.